The number of hydrogen-bond acceptors (Lipinski definition) is 2. The summed E-state index contributed by atoms with van der Waals surface area (Å²) in [5.41, 5.74) is 1.62. The van der Waals surface area contributed by atoms with Crippen molar-refractivity contribution in [3.63, 3.8) is 0 Å². The number of alkyl halides is 1. The molecular weight excluding hydrogens is 267 g/mol. The van der Waals surface area contributed by atoms with Gasteiger partial charge in [-0.05, 0) is 35.9 Å². The smallest absolute Gasteiger partial charge is 0.124 e. The zero-order chi connectivity index (χ0) is 13.7. The van der Waals surface area contributed by atoms with Gasteiger partial charge in [-0.3, -0.25) is 0 Å². The third-order valence-electron chi connectivity index (χ3n) is 2.69. The van der Waals surface area contributed by atoms with E-state index < -0.39 is 0 Å². The van der Waals surface area contributed by atoms with Crippen molar-refractivity contribution >= 4 is 11.6 Å². The molecule has 2 rings (SSSR count). The molecule has 0 heterocycles. The SMILES string of the molecule is COc1ccc(OCc2cccc(F)c2)c(CCl)c1. The van der Waals surface area contributed by atoms with Crippen molar-refractivity contribution in [3.8, 4) is 11.5 Å². The predicted molar refractivity (Wildman–Crippen MR) is 73.3 cm³/mol. The molecule has 0 unspecified atom stereocenters. The Balaban J connectivity index is 2.11. The highest BCUT2D eigenvalue weighted by atomic mass is 35.5. The molecule has 2 aromatic carbocycles. The normalized spacial score (nSPS) is 10.3. The first-order valence-electron chi connectivity index (χ1n) is 5.83. The maximum atomic E-state index is 13.0. The molecular formula is C15H14ClFO2. The first kappa shape index (κ1) is 13.7. The van der Waals surface area contributed by atoms with Crippen molar-refractivity contribution < 1.29 is 13.9 Å². The molecule has 0 radical (unpaired) electrons. The van der Waals surface area contributed by atoms with E-state index in [0.29, 0.717) is 18.2 Å². The third kappa shape index (κ3) is 3.61. The standard InChI is InChI=1S/C15H14ClFO2/c1-18-14-5-6-15(12(8-14)9-16)19-10-11-3-2-4-13(17)7-11/h2-8H,9-10H2,1H3. The van der Waals surface area contributed by atoms with Crippen LogP contribution in [0, 0.1) is 5.82 Å². The Kier molecular flexibility index (Phi) is 4.63. The van der Waals surface area contributed by atoms with Gasteiger partial charge >= 0.3 is 0 Å². The van der Waals surface area contributed by atoms with E-state index in [9.17, 15) is 4.39 Å². The Morgan fingerprint density at radius 2 is 2.00 bits per heavy atom. The molecule has 0 saturated carbocycles. The van der Waals surface area contributed by atoms with Gasteiger partial charge < -0.3 is 9.47 Å². The van der Waals surface area contributed by atoms with Crippen molar-refractivity contribution in [2.75, 3.05) is 7.11 Å². The summed E-state index contributed by atoms with van der Waals surface area (Å²) in [7, 11) is 1.60. The molecule has 0 bridgehead atoms. The average molecular weight is 281 g/mol. The molecule has 0 fully saturated rings. The fourth-order valence-electron chi connectivity index (χ4n) is 1.72. The molecule has 100 valence electrons. The van der Waals surface area contributed by atoms with Gasteiger partial charge in [0, 0.05) is 5.56 Å². The van der Waals surface area contributed by atoms with Gasteiger partial charge in [0.25, 0.3) is 0 Å². The largest absolute Gasteiger partial charge is 0.497 e. The minimum absolute atomic E-state index is 0.270. The van der Waals surface area contributed by atoms with E-state index in [0.717, 1.165) is 16.9 Å². The van der Waals surface area contributed by atoms with Gasteiger partial charge in [0.1, 0.15) is 23.9 Å². The molecule has 0 aliphatic rings. The maximum Gasteiger partial charge on any atom is 0.124 e. The van der Waals surface area contributed by atoms with Crippen molar-refractivity contribution in [3.05, 3.63) is 59.4 Å². The van der Waals surface area contributed by atoms with Gasteiger partial charge in [0.2, 0.25) is 0 Å². The molecule has 19 heavy (non-hydrogen) atoms. The number of benzene rings is 2. The summed E-state index contributed by atoms with van der Waals surface area (Å²) in [5.74, 6) is 1.47. The van der Waals surface area contributed by atoms with E-state index in [1.54, 1.807) is 25.3 Å². The van der Waals surface area contributed by atoms with Crippen LogP contribution in [0.3, 0.4) is 0 Å². The van der Waals surface area contributed by atoms with E-state index in [1.165, 1.54) is 12.1 Å². The molecule has 0 atom stereocenters. The maximum absolute atomic E-state index is 13.0. The van der Waals surface area contributed by atoms with E-state index >= 15 is 0 Å². The number of halogens is 2. The average Bonchev–Trinajstić information content (AvgIpc) is 2.45. The molecule has 0 aliphatic heterocycles. The van der Waals surface area contributed by atoms with Crippen LogP contribution < -0.4 is 9.47 Å². The zero-order valence-corrected chi connectivity index (χ0v) is 11.3. The number of hydrogen-bond donors (Lipinski definition) is 0. The fraction of sp³-hybridized carbons (Fsp3) is 0.200. The monoisotopic (exact) mass is 280 g/mol. The highest BCUT2D eigenvalue weighted by molar-refractivity contribution is 6.17. The lowest BCUT2D eigenvalue weighted by atomic mass is 10.2. The lowest BCUT2D eigenvalue weighted by molar-refractivity contribution is 0.302. The number of methoxy groups -OCH3 is 1. The van der Waals surface area contributed by atoms with Crippen LogP contribution in [-0.4, -0.2) is 7.11 Å². The first-order chi connectivity index (χ1) is 9.22. The minimum Gasteiger partial charge on any atom is -0.497 e. The first-order valence-corrected chi connectivity index (χ1v) is 6.36. The lowest BCUT2D eigenvalue weighted by Gasteiger charge is -2.11. The Labute approximate surface area is 116 Å². The Bertz CT molecular complexity index is 558. The van der Waals surface area contributed by atoms with Crippen molar-refractivity contribution in [1.29, 1.82) is 0 Å². The second-order valence-electron chi connectivity index (χ2n) is 4.03. The molecule has 0 N–H and O–H groups in total. The summed E-state index contributed by atoms with van der Waals surface area (Å²) in [6.07, 6.45) is 0. The van der Waals surface area contributed by atoms with Crippen molar-refractivity contribution in [1.82, 2.24) is 0 Å². The summed E-state index contributed by atoms with van der Waals surface area (Å²) in [4.78, 5) is 0. The summed E-state index contributed by atoms with van der Waals surface area (Å²) in [5, 5.41) is 0. The second kappa shape index (κ2) is 6.43. The van der Waals surface area contributed by atoms with Crippen LogP contribution in [0.1, 0.15) is 11.1 Å². The fourth-order valence-corrected chi connectivity index (χ4v) is 1.92. The topological polar surface area (TPSA) is 18.5 Å². The van der Waals surface area contributed by atoms with E-state index in [1.807, 2.05) is 12.1 Å². The molecule has 2 nitrogen and oxygen atoms in total. The third-order valence-corrected chi connectivity index (χ3v) is 2.98. The predicted octanol–water partition coefficient (Wildman–Crippen LogP) is 4.15. The van der Waals surface area contributed by atoms with Crippen molar-refractivity contribution in [2.45, 2.75) is 12.5 Å². The molecule has 0 amide bonds. The number of ether oxygens (including phenoxy) is 2. The Morgan fingerprint density at radius 1 is 1.16 bits per heavy atom. The summed E-state index contributed by atoms with van der Waals surface area (Å²) < 4.78 is 23.8. The summed E-state index contributed by atoms with van der Waals surface area (Å²) in [6.45, 7) is 0.300. The van der Waals surface area contributed by atoms with E-state index in [-0.39, 0.29) is 5.82 Å². The summed E-state index contributed by atoms with van der Waals surface area (Å²) >= 11 is 5.87. The highest BCUT2D eigenvalue weighted by Gasteiger charge is 2.05. The highest BCUT2D eigenvalue weighted by Crippen LogP contribution is 2.26. The van der Waals surface area contributed by atoms with Gasteiger partial charge in [-0.15, -0.1) is 11.6 Å². The lowest BCUT2D eigenvalue weighted by Crippen LogP contribution is -1.98. The Hall–Kier alpha value is -1.74. The zero-order valence-electron chi connectivity index (χ0n) is 10.5. The molecule has 0 saturated heterocycles. The molecule has 2 aromatic rings. The quantitative estimate of drug-likeness (QED) is 0.766. The minimum atomic E-state index is -0.270. The van der Waals surface area contributed by atoms with Crippen LogP contribution in [0.25, 0.3) is 0 Å². The van der Waals surface area contributed by atoms with Gasteiger partial charge in [-0.2, -0.15) is 0 Å². The van der Waals surface area contributed by atoms with Crippen LogP contribution in [0.2, 0.25) is 0 Å². The number of rotatable bonds is 5. The molecule has 0 aromatic heterocycles. The molecule has 4 heteroatoms. The van der Waals surface area contributed by atoms with Gasteiger partial charge in [-0.1, -0.05) is 12.1 Å². The second-order valence-corrected chi connectivity index (χ2v) is 4.29. The molecule has 0 aliphatic carbocycles. The van der Waals surface area contributed by atoms with Gasteiger partial charge in [0.05, 0.1) is 13.0 Å². The van der Waals surface area contributed by atoms with Gasteiger partial charge in [0.15, 0.2) is 0 Å². The van der Waals surface area contributed by atoms with Gasteiger partial charge in [-0.25, -0.2) is 4.39 Å². The van der Waals surface area contributed by atoms with E-state index in [2.05, 4.69) is 0 Å². The van der Waals surface area contributed by atoms with Crippen LogP contribution >= 0.6 is 11.6 Å². The Morgan fingerprint density at radius 3 is 2.68 bits per heavy atom. The van der Waals surface area contributed by atoms with Crippen LogP contribution in [0.15, 0.2) is 42.5 Å². The molecule has 0 spiro atoms. The van der Waals surface area contributed by atoms with Crippen LogP contribution in [0.4, 0.5) is 4.39 Å². The van der Waals surface area contributed by atoms with Crippen molar-refractivity contribution in [2.24, 2.45) is 0 Å². The summed E-state index contributed by atoms with van der Waals surface area (Å²) in [6, 6.07) is 11.8. The van der Waals surface area contributed by atoms with Crippen LogP contribution in [-0.2, 0) is 12.5 Å². The van der Waals surface area contributed by atoms with Crippen LogP contribution in [0.5, 0.6) is 11.5 Å². The van der Waals surface area contributed by atoms with E-state index in [4.69, 9.17) is 21.1 Å².